The van der Waals surface area contributed by atoms with Gasteiger partial charge in [-0.15, -0.1) is 0 Å². The average Bonchev–Trinajstić information content (AvgIpc) is 2.31. The van der Waals surface area contributed by atoms with Crippen molar-refractivity contribution < 1.29 is 19.0 Å². The summed E-state index contributed by atoms with van der Waals surface area (Å²) in [6.07, 6.45) is -0.156. The van der Waals surface area contributed by atoms with Crippen molar-refractivity contribution in [3.63, 3.8) is 0 Å². The Bertz CT molecular complexity index is 538. The minimum absolute atomic E-state index is 0.127. The lowest BCUT2D eigenvalue weighted by Crippen LogP contribution is -2.32. The smallest absolute Gasteiger partial charge is 0.407 e. The first kappa shape index (κ1) is 15.8. The lowest BCUT2D eigenvalue weighted by molar-refractivity contribution is 0.0529. The minimum Gasteiger partial charge on any atom is -0.505 e. The van der Waals surface area contributed by atoms with Gasteiger partial charge in [0, 0.05) is 13.0 Å². The number of nitrogens with one attached hydrogen (secondary N) is 1. The number of rotatable bonds is 2. The van der Waals surface area contributed by atoms with Crippen molar-refractivity contribution in [1.82, 2.24) is 5.32 Å². The van der Waals surface area contributed by atoms with Crippen LogP contribution in [0.5, 0.6) is 5.75 Å². The molecule has 0 saturated heterocycles. The second-order valence-corrected chi connectivity index (χ2v) is 5.12. The van der Waals surface area contributed by atoms with Gasteiger partial charge >= 0.3 is 6.09 Å². The van der Waals surface area contributed by atoms with E-state index in [1.165, 1.54) is 18.2 Å². The Hall–Kier alpha value is -2.22. The number of hydrogen-bond donors (Lipinski definition) is 2. The van der Waals surface area contributed by atoms with E-state index in [4.69, 9.17) is 9.84 Å². The van der Waals surface area contributed by atoms with Gasteiger partial charge in [-0.25, -0.2) is 9.18 Å². The molecule has 0 radical (unpaired) electrons. The van der Waals surface area contributed by atoms with Crippen molar-refractivity contribution in [3.8, 4) is 17.6 Å². The van der Waals surface area contributed by atoms with Gasteiger partial charge in [0.15, 0.2) is 11.6 Å². The van der Waals surface area contributed by atoms with Gasteiger partial charge in [-0.1, -0.05) is 17.9 Å². The Morgan fingerprint density at radius 2 is 2.15 bits per heavy atom. The van der Waals surface area contributed by atoms with Gasteiger partial charge in [-0.2, -0.15) is 0 Å². The molecule has 2 N–H and O–H groups in total. The topological polar surface area (TPSA) is 58.6 Å². The van der Waals surface area contributed by atoms with Crippen LogP contribution in [0, 0.1) is 17.7 Å². The SMILES string of the molecule is CC(C)(C)OC(=O)NCCC#Cc1cccc(O)c1F. The third kappa shape index (κ3) is 5.61. The first-order chi connectivity index (χ1) is 9.29. The van der Waals surface area contributed by atoms with E-state index in [0.717, 1.165) is 0 Å². The quantitative estimate of drug-likeness (QED) is 0.646. The Morgan fingerprint density at radius 1 is 1.45 bits per heavy atom. The lowest BCUT2D eigenvalue weighted by Gasteiger charge is -2.19. The first-order valence-corrected chi connectivity index (χ1v) is 6.23. The molecule has 0 atom stereocenters. The monoisotopic (exact) mass is 279 g/mol. The molecule has 1 aromatic carbocycles. The van der Waals surface area contributed by atoms with Crippen molar-refractivity contribution in [2.45, 2.75) is 32.8 Å². The number of aromatic hydroxyl groups is 1. The number of hydrogen-bond acceptors (Lipinski definition) is 3. The number of phenolic OH excluding ortho intramolecular Hbond substituents is 1. The molecule has 1 aromatic rings. The molecule has 0 unspecified atom stereocenters. The molecule has 5 heteroatoms. The summed E-state index contributed by atoms with van der Waals surface area (Å²) in [7, 11) is 0. The Labute approximate surface area is 117 Å². The maximum absolute atomic E-state index is 13.4. The van der Waals surface area contributed by atoms with Gasteiger partial charge in [-0.3, -0.25) is 0 Å². The van der Waals surface area contributed by atoms with E-state index in [-0.39, 0.29) is 5.56 Å². The molecular formula is C15H18FNO3. The fourth-order valence-electron chi connectivity index (χ4n) is 1.32. The second kappa shape index (κ2) is 6.80. The van der Waals surface area contributed by atoms with Crippen LogP contribution in [-0.2, 0) is 4.74 Å². The van der Waals surface area contributed by atoms with E-state index in [9.17, 15) is 9.18 Å². The highest BCUT2D eigenvalue weighted by Gasteiger charge is 2.15. The van der Waals surface area contributed by atoms with E-state index in [0.29, 0.717) is 13.0 Å². The van der Waals surface area contributed by atoms with Crippen LogP contribution in [0.25, 0.3) is 0 Å². The summed E-state index contributed by atoms with van der Waals surface area (Å²) in [5.41, 5.74) is -0.414. The van der Waals surface area contributed by atoms with E-state index in [1.807, 2.05) is 0 Å². The summed E-state index contributed by atoms with van der Waals surface area (Å²) in [4.78, 5) is 11.3. The summed E-state index contributed by atoms with van der Waals surface area (Å²) in [6, 6.07) is 4.25. The lowest BCUT2D eigenvalue weighted by atomic mass is 10.2. The van der Waals surface area contributed by atoms with Crippen molar-refractivity contribution in [3.05, 3.63) is 29.6 Å². The summed E-state index contributed by atoms with van der Waals surface area (Å²) in [6.45, 7) is 5.63. The summed E-state index contributed by atoms with van der Waals surface area (Å²) >= 11 is 0. The predicted octanol–water partition coefficient (Wildman–Crippen LogP) is 2.80. The van der Waals surface area contributed by atoms with Crippen LogP contribution in [-0.4, -0.2) is 23.3 Å². The normalized spacial score (nSPS) is 10.4. The fraction of sp³-hybridized carbons (Fsp3) is 0.400. The molecule has 108 valence electrons. The highest BCUT2D eigenvalue weighted by Crippen LogP contribution is 2.17. The number of ether oxygens (including phenoxy) is 1. The molecule has 0 aliphatic rings. The van der Waals surface area contributed by atoms with Gasteiger partial charge < -0.3 is 15.2 Å². The van der Waals surface area contributed by atoms with Crippen molar-refractivity contribution in [2.75, 3.05) is 6.54 Å². The van der Waals surface area contributed by atoms with Gasteiger partial charge in [0.25, 0.3) is 0 Å². The number of phenols is 1. The average molecular weight is 279 g/mol. The van der Waals surface area contributed by atoms with Crippen molar-refractivity contribution in [1.29, 1.82) is 0 Å². The molecule has 0 bridgehead atoms. The summed E-state index contributed by atoms with van der Waals surface area (Å²) in [5.74, 6) is 4.15. The van der Waals surface area contributed by atoms with Crippen LogP contribution in [0.2, 0.25) is 0 Å². The number of carbonyl (C=O) groups excluding carboxylic acids is 1. The second-order valence-electron chi connectivity index (χ2n) is 5.12. The largest absolute Gasteiger partial charge is 0.505 e. The zero-order chi connectivity index (χ0) is 15.2. The van der Waals surface area contributed by atoms with Crippen LogP contribution in [0.15, 0.2) is 18.2 Å². The van der Waals surface area contributed by atoms with Gasteiger partial charge in [0.1, 0.15) is 5.60 Å². The van der Waals surface area contributed by atoms with Gasteiger partial charge in [0.2, 0.25) is 0 Å². The van der Waals surface area contributed by atoms with Crippen LogP contribution in [0.1, 0.15) is 32.8 Å². The Morgan fingerprint density at radius 3 is 2.80 bits per heavy atom. The Kier molecular flexibility index (Phi) is 5.39. The van der Waals surface area contributed by atoms with E-state index in [2.05, 4.69) is 17.2 Å². The van der Waals surface area contributed by atoms with E-state index in [1.54, 1.807) is 20.8 Å². The van der Waals surface area contributed by atoms with Crippen LogP contribution >= 0.6 is 0 Å². The maximum atomic E-state index is 13.4. The third-order valence-corrected chi connectivity index (χ3v) is 2.12. The highest BCUT2D eigenvalue weighted by molar-refractivity contribution is 5.67. The molecule has 0 aromatic heterocycles. The fourth-order valence-corrected chi connectivity index (χ4v) is 1.32. The molecule has 1 amide bonds. The van der Waals surface area contributed by atoms with Crippen molar-refractivity contribution >= 4 is 6.09 Å². The number of benzene rings is 1. The predicted molar refractivity (Wildman–Crippen MR) is 73.8 cm³/mol. The summed E-state index contributed by atoms with van der Waals surface area (Å²) in [5, 5.41) is 11.7. The molecule has 20 heavy (non-hydrogen) atoms. The minimum atomic E-state index is -0.736. The van der Waals surface area contributed by atoms with Crippen LogP contribution < -0.4 is 5.32 Å². The third-order valence-electron chi connectivity index (χ3n) is 2.12. The van der Waals surface area contributed by atoms with E-state index < -0.39 is 23.3 Å². The number of halogens is 1. The molecule has 0 saturated carbocycles. The summed E-state index contributed by atoms with van der Waals surface area (Å²) < 4.78 is 18.4. The first-order valence-electron chi connectivity index (χ1n) is 6.23. The standard InChI is InChI=1S/C15H18FNO3/c1-15(2,3)20-14(19)17-10-5-4-7-11-8-6-9-12(18)13(11)16/h6,8-9,18H,5,10H2,1-3H3,(H,17,19). The zero-order valence-corrected chi connectivity index (χ0v) is 11.8. The maximum Gasteiger partial charge on any atom is 0.407 e. The molecule has 0 spiro atoms. The van der Waals surface area contributed by atoms with Crippen LogP contribution in [0.3, 0.4) is 0 Å². The number of carbonyl (C=O) groups is 1. The molecule has 0 heterocycles. The van der Waals surface area contributed by atoms with Crippen LogP contribution in [0.4, 0.5) is 9.18 Å². The van der Waals surface area contributed by atoms with Crippen molar-refractivity contribution in [2.24, 2.45) is 0 Å². The molecule has 0 fully saturated rings. The Balaban J connectivity index is 2.41. The molecular weight excluding hydrogens is 261 g/mol. The van der Waals surface area contributed by atoms with E-state index >= 15 is 0 Å². The molecule has 0 aliphatic heterocycles. The molecule has 4 nitrogen and oxygen atoms in total. The number of amides is 1. The highest BCUT2D eigenvalue weighted by atomic mass is 19.1. The molecule has 0 aliphatic carbocycles. The molecule has 1 rings (SSSR count). The number of alkyl carbamates (subject to hydrolysis) is 1. The zero-order valence-electron chi connectivity index (χ0n) is 11.8. The van der Waals surface area contributed by atoms with Gasteiger partial charge in [0.05, 0.1) is 5.56 Å². The van der Waals surface area contributed by atoms with Gasteiger partial charge in [-0.05, 0) is 32.9 Å².